The lowest BCUT2D eigenvalue weighted by Gasteiger charge is -2.48. The topological polar surface area (TPSA) is 24.5 Å². The molecule has 18 heavy (non-hydrogen) atoms. The third kappa shape index (κ3) is 2.33. The van der Waals surface area contributed by atoms with E-state index in [9.17, 15) is 0 Å². The van der Waals surface area contributed by atoms with E-state index in [4.69, 9.17) is 4.74 Å². The highest BCUT2D eigenvalue weighted by Crippen LogP contribution is 2.36. The summed E-state index contributed by atoms with van der Waals surface area (Å²) < 4.78 is 5.96. The van der Waals surface area contributed by atoms with Crippen molar-refractivity contribution in [3.8, 4) is 0 Å². The fourth-order valence-electron chi connectivity index (χ4n) is 4.42. The van der Waals surface area contributed by atoms with Crippen molar-refractivity contribution in [1.29, 1.82) is 0 Å². The fourth-order valence-corrected chi connectivity index (χ4v) is 4.42. The summed E-state index contributed by atoms with van der Waals surface area (Å²) in [5, 5.41) is 3.57. The molecule has 2 saturated carbocycles. The zero-order chi connectivity index (χ0) is 12.5. The molecule has 1 saturated heterocycles. The summed E-state index contributed by atoms with van der Waals surface area (Å²) in [6.07, 6.45) is 8.64. The van der Waals surface area contributed by atoms with E-state index in [1.165, 1.54) is 38.5 Å². The Kier molecular flexibility index (Phi) is 3.92. The maximum Gasteiger partial charge on any atom is 0.0731 e. The van der Waals surface area contributed by atoms with Gasteiger partial charge >= 0.3 is 0 Å². The lowest BCUT2D eigenvalue weighted by atomic mass is 9.81. The molecule has 5 atom stereocenters. The predicted octanol–water partition coefficient (Wildman–Crippen LogP) is 2.02. The molecule has 3 fully saturated rings. The summed E-state index contributed by atoms with van der Waals surface area (Å²) in [5.41, 5.74) is 0. The van der Waals surface area contributed by atoms with E-state index in [0.29, 0.717) is 18.2 Å². The molecule has 0 aromatic carbocycles. The Bertz CT molecular complexity index is 284. The van der Waals surface area contributed by atoms with Crippen molar-refractivity contribution in [2.75, 3.05) is 20.2 Å². The van der Waals surface area contributed by atoms with Crippen molar-refractivity contribution in [3.63, 3.8) is 0 Å². The molecule has 1 aliphatic heterocycles. The van der Waals surface area contributed by atoms with Gasteiger partial charge in [0.05, 0.1) is 12.7 Å². The van der Waals surface area contributed by atoms with Gasteiger partial charge in [-0.2, -0.15) is 0 Å². The lowest BCUT2D eigenvalue weighted by Crippen LogP contribution is -2.60. The van der Waals surface area contributed by atoms with Crippen LogP contribution < -0.4 is 5.32 Å². The number of hydrogen-bond donors (Lipinski definition) is 1. The van der Waals surface area contributed by atoms with E-state index in [1.807, 2.05) is 0 Å². The number of rotatable bonds is 2. The quantitative estimate of drug-likeness (QED) is 0.814. The van der Waals surface area contributed by atoms with Crippen molar-refractivity contribution in [1.82, 2.24) is 10.2 Å². The molecule has 1 N–H and O–H groups in total. The number of hydrogen-bond acceptors (Lipinski definition) is 3. The molecule has 104 valence electrons. The van der Waals surface area contributed by atoms with Crippen LogP contribution in [0, 0.1) is 5.92 Å². The molecule has 5 unspecified atom stereocenters. The van der Waals surface area contributed by atoms with Crippen LogP contribution in [-0.2, 0) is 4.74 Å². The number of nitrogens with zero attached hydrogens (tertiary/aromatic N) is 1. The van der Waals surface area contributed by atoms with Crippen LogP contribution in [0.4, 0.5) is 0 Å². The molecule has 0 amide bonds. The van der Waals surface area contributed by atoms with Gasteiger partial charge in [0.25, 0.3) is 0 Å². The molecule has 3 aliphatic rings. The van der Waals surface area contributed by atoms with Crippen LogP contribution in [-0.4, -0.2) is 49.3 Å². The Morgan fingerprint density at radius 3 is 2.83 bits per heavy atom. The van der Waals surface area contributed by atoms with Crippen LogP contribution in [0.5, 0.6) is 0 Å². The maximum atomic E-state index is 5.96. The first-order valence-electron chi connectivity index (χ1n) is 7.84. The fraction of sp³-hybridized carbons (Fsp3) is 1.00. The van der Waals surface area contributed by atoms with Gasteiger partial charge in [0.1, 0.15) is 0 Å². The number of fused-ring (bicyclic) bond motifs is 1. The third-order valence-corrected chi connectivity index (χ3v) is 5.40. The molecule has 0 radical (unpaired) electrons. The molecule has 0 aromatic rings. The van der Waals surface area contributed by atoms with E-state index in [1.54, 1.807) is 0 Å². The van der Waals surface area contributed by atoms with Gasteiger partial charge in [0.2, 0.25) is 0 Å². The van der Waals surface area contributed by atoms with Crippen molar-refractivity contribution >= 4 is 0 Å². The zero-order valence-corrected chi connectivity index (χ0v) is 11.9. The normalized spacial score (nSPS) is 46.0. The average Bonchev–Trinajstić information content (AvgIpc) is 2.86. The van der Waals surface area contributed by atoms with Crippen molar-refractivity contribution in [2.45, 2.75) is 69.7 Å². The van der Waals surface area contributed by atoms with Crippen molar-refractivity contribution in [3.05, 3.63) is 0 Å². The lowest BCUT2D eigenvalue weighted by molar-refractivity contribution is -0.0840. The number of morpholine rings is 1. The molecule has 0 bridgehead atoms. The SMILES string of the molecule is CNC1CCC(C)CC1N1CCOC2CCCC21. The first kappa shape index (κ1) is 12.9. The van der Waals surface area contributed by atoms with E-state index in [0.717, 1.165) is 25.1 Å². The van der Waals surface area contributed by atoms with Crippen LogP contribution in [0.25, 0.3) is 0 Å². The maximum absolute atomic E-state index is 5.96. The second-order valence-electron chi connectivity index (χ2n) is 6.53. The molecular formula is C15H28N2O. The molecule has 2 aliphatic carbocycles. The first-order valence-corrected chi connectivity index (χ1v) is 7.84. The number of nitrogens with one attached hydrogen (secondary N) is 1. The van der Waals surface area contributed by atoms with Gasteiger partial charge in [-0.15, -0.1) is 0 Å². The van der Waals surface area contributed by atoms with Gasteiger partial charge in [-0.1, -0.05) is 6.92 Å². The first-order chi connectivity index (χ1) is 8.79. The molecule has 3 nitrogen and oxygen atoms in total. The minimum Gasteiger partial charge on any atom is -0.375 e. The van der Waals surface area contributed by atoms with Gasteiger partial charge in [-0.25, -0.2) is 0 Å². The Balaban J connectivity index is 1.74. The summed E-state index contributed by atoms with van der Waals surface area (Å²) in [6, 6.07) is 2.15. The van der Waals surface area contributed by atoms with E-state index in [-0.39, 0.29) is 0 Å². The van der Waals surface area contributed by atoms with Gasteiger partial charge in [-0.05, 0) is 51.5 Å². The third-order valence-electron chi connectivity index (χ3n) is 5.40. The van der Waals surface area contributed by atoms with E-state index in [2.05, 4.69) is 24.2 Å². The average molecular weight is 252 g/mol. The summed E-state index contributed by atoms with van der Waals surface area (Å²) in [4.78, 5) is 2.80. The van der Waals surface area contributed by atoms with Crippen LogP contribution in [0.1, 0.15) is 45.4 Å². The van der Waals surface area contributed by atoms with Gasteiger partial charge in [0, 0.05) is 24.7 Å². The predicted molar refractivity (Wildman–Crippen MR) is 73.7 cm³/mol. The highest BCUT2D eigenvalue weighted by Gasteiger charge is 2.42. The van der Waals surface area contributed by atoms with Crippen LogP contribution in [0.2, 0.25) is 0 Å². The summed E-state index contributed by atoms with van der Waals surface area (Å²) in [7, 11) is 2.14. The van der Waals surface area contributed by atoms with Gasteiger partial charge in [-0.3, -0.25) is 4.90 Å². The highest BCUT2D eigenvalue weighted by atomic mass is 16.5. The highest BCUT2D eigenvalue weighted by molar-refractivity contribution is 4.97. The second-order valence-corrected chi connectivity index (χ2v) is 6.53. The van der Waals surface area contributed by atoms with E-state index >= 15 is 0 Å². The van der Waals surface area contributed by atoms with Gasteiger partial charge in [0.15, 0.2) is 0 Å². The molecular weight excluding hydrogens is 224 g/mol. The summed E-state index contributed by atoms with van der Waals surface area (Å²) >= 11 is 0. The van der Waals surface area contributed by atoms with Crippen LogP contribution in [0.3, 0.4) is 0 Å². The number of ether oxygens (including phenoxy) is 1. The monoisotopic (exact) mass is 252 g/mol. The Morgan fingerprint density at radius 2 is 2.00 bits per heavy atom. The molecule has 1 heterocycles. The standard InChI is InChI=1S/C15H28N2O/c1-11-6-7-12(16-2)14(10-11)17-8-9-18-15-5-3-4-13(15)17/h11-16H,3-10H2,1-2H3. The Morgan fingerprint density at radius 1 is 1.11 bits per heavy atom. The second kappa shape index (κ2) is 5.48. The van der Waals surface area contributed by atoms with Crippen molar-refractivity contribution < 1.29 is 4.74 Å². The number of likely N-dealkylation sites (N-methyl/N-ethyl adjacent to an activating group) is 1. The Hall–Kier alpha value is -0.120. The van der Waals surface area contributed by atoms with Crippen LogP contribution in [0.15, 0.2) is 0 Å². The zero-order valence-electron chi connectivity index (χ0n) is 11.9. The minimum absolute atomic E-state index is 0.536. The minimum atomic E-state index is 0.536. The molecule has 0 spiro atoms. The largest absolute Gasteiger partial charge is 0.375 e. The smallest absolute Gasteiger partial charge is 0.0731 e. The molecule has 3 heteroatoms. The van der Waals surface area contributed by atoms with Crippen molar-refractivity contribution in [2.24, 2.45) is 5.92 Å². The Labute approximate surface area is 111 Å². The molecule has 0 aromatic heterocycles. The summed E-state index contributed by atoms with van der Waals surface area (Å²) in [6.45, 7) is 4.52. The summed E-state index contributed by atoms with van der Waals surface area (Å²) in [5.74, 6) is 0.891. The van der Waals surface area contributed by atoms with Crippen LogP contribution >= 0.6 is 0 Å². The van der Waals surface area contributed by atoms with Gasteiger partial charge < -0.3 is 10.1 Å². The molecule has 3 rings (SSSR count). The van der Waals surface area contributed by atoms with E-state index < -0.39 is 0 Å².